The van der Waals surface area contributed by atoms with Crippen LogP contribution in [0, 0.1) is 0 Å². The third-order valence-electron chi connectivity index (χ3n) is 6.24. The lowest BCUT2D eigenvalue weighted by Gasteiger charge is -2.21. The molecule has 2 aromatic heterocycles. The molecule has 0 radical (unpaired) electrons. The number of nitrogens with one attached hydrogen (secondary N) is 1. The molecular formula is C31H28N4O5. The molecule has 0 atom stereocenters. The van der Waals surface area contributed by atoms with Crippen molar-refractivity contribution in [1.29, 1.82) is 0 Å². The smallest absolute Gasteiger partial charge is 0.254 e. The number of imidazole rings is 1. The van der Waals surface area contributed by atoms with Gasteiger partial charge in [0.2, 0.25) is 11.9 Å². The number of carbonyl (C=O) groups is 2. The molecule has 0 bridgehead atoms. The van der Waals surface area contributed by atoms with Crippen molar-refractivity contribution >= 4 is 17.8 Å². The van der Waals surface area contributed by atoms with Gasteiger partial charge in [-0.3, -0.25) is 19.5 Å². The Hall–Kier alpha value is -5.31. The monoisotopic (exact) mass is 536 g/mol. The van der Waals surface area contributed by atoms with Crippen LogP contribution in [0.15, 0.2) is 108 Å². The van der Waals surface area contributed by atoms with Crippen molar-refractivity contribution in [2.24, 2.45) is 0 Å². The van der Waals surface area contributed by atoms with E-state index in [4.69, 9.17) is 18.9 Å². The fourth-order valence-corrected chi connectivity index (χ4v) is 4.22. The molecule has 2 amide bonds. The number of furan rings is 1. The van der Waals surface area contributed by atoms with Gasteiger partial charge in [0.25, 0.3) is 5.91 Å². The first kappa shape index (κ1) is 26.3. The molecule has 9 nitrogen and oxygen atoms in total. The van der Waals surface area contributed by atoms with E-state index in [2.05, 4.69) is 5.32 Å². The summed E-state index contributed by atoms with van der Waals surface area (Å²) in [5.74, 6) is 1.41. The molecule has 5 aromatic rings. The van der Waals surface area contributed by atoms with E-state index < -0.39 is 5.91 Å². The molecule has 2 heterocycles. The molecule has 202 valence electrons. The Morgan fingerprint density at radius 2 is 1.68 bits per heavy atom. The van der Waals surface area contributed by atoms with Crippen LogP contribution in [0.2, 0.25) is 0 Å². The summed E-state index contributed by atoms with van der Waals surface area (Å²) < 4.78 is 17.8. The van der Waals surface area contributed by atoms with Crippen molar-refractivity contribution in [2.75, 3.05) is 26.1 Å². The molecule has 0 fully saturated rings. The van der Waals surface area contributed by atoms with Gasteiger partial charge in [-0.15, -0.1) is 0 Å². The number of para-hydroxylation sites is 1. The fraction of sp³-hybridized carbons (Fsp3) is 0.129. The van der Waals surface area contributed by atoms with E-state index in [1.54, 1.807) is 48.1 Å². The minimum Gasteiger partial charge on any atom is -0.497 e. The Bertz CT molecular complexity index is 1580. The zero-order chi connectivity index (χ0) is 27.9. The van der Waals surface area contributed by atoms with Gasteiger partial charge in [-0.1, -0.05) is 24.3 Å². The van der Waals surface area contributed by atoms with Gasteiger partial charge in [-0.25, -0.2) is 4.98 Å². The van der Waals surface area contributed by atoms with Crippen molar-refractivity contribution in [3.8, 4) is 28.4 Å². The summed E-state index contributed by atoms with van der Waals surface area (Å²) in [5.41, 5.74) is 2.75. The van der Waals surface area contributed by atoms with Crippen LogP contribution in [0.4, 0.5) is 5.95 Å². The van der Waals surface area contributed by atoms with Gasteiger partial charge in [0.05, 0.1) is 32.7 Å². The lowest BCUT2D eigenvalue weighted by molar-refractivity contribution is -0.117. The van der Waals surface area contributed by atoms with E-state index in [1.807, 2.05) is 60.8 Å². The van der Waals surface area contributed by atoms with Crippen molar-refractivity contribution in [2.45, 2.75) is 6.54 Å². The minimum atomic E-state index is -0.410. The van der Waals surface area contributed by atoms with Crippen LogP contribution in [0.1, 0.15) is 16.1 Å². The Balaban J connectivity index is 1.42. The summed E-state index contributed by atoms with van der Waals surface area (Å²) in [6, 6.07) is 27.4. The summed E-state index contributed by atoms with van der Waals surface area (Å²) in [7, 11) is 3.15. The van der Waals surface area contributed by atoms with Crippen molar-refractivity contribution in [3.05, 3.63) is 115 Å². The summed E-state index contributed by atoms with van der Waals surface area (Å²) in [6.07, 6.45) is 3.38. The van der Waals surface area contributed by atoms with Crippen LogP contribution in [0.25, 0.3) is 16.9 Å². The highest BCUT2D eigenvalue weighted by Crippen LogP contribution is 2.26. The summed E-state index contributed by atoms with van der Waals surface area (Å²) in [6.45, 7) is -0.114. The van der Waals surface area contributed by atoms with Crippen molar-refractivity contribution in [3.63, 3.8) is 0 Å². The number of methoxy groups -OCH3 is 2. The highest BCUT2D eigenvalue weighted by molar-refractivity contribution is 5.99. The van der Waals surface area contributed by atoms with E-state index in [0.29, 0.717) is 28.7 Å². The highest BCUT2D eigenvalue weighted by atomic mass is 16.5. The van der Waals surface area contributed by atoms with Crippen LogP contribution in [0.3, 0.4) is 0 Å². The lowest BCUT2D eigenvalue weighted by Crippen LogP contribution is -2.37. The molecule has 3 aromatic carbocycles. The van der Waals surface area contributed by atoms with Crippen molar-refractivity contribution in [1.82, 2.24) is 14.5 Å². The van der Waals surface area contributed by atoms with E-state index in [9.17, 15) is 9.59 Å². The average molecular weight is 537 g/mol. The average Bonchev–Trinajstić information content (AvgIpc) is 3.67. The SMILES string of the molecule is COc1ccc(-c2cn(-c3ccccc3)c(NC(=O)CN(Cc3ccco3)C(=O)c3cccc(OC)c3)n2)cc1. The van der Waals surface area contributed by atoms with Crippen LogP contribution in [-0.2, 0) is 11.3 Å². The number of amides is 2. The van der Waals surface area contributed by atoms with Gasteiger partial charge in [-0.2, -0.15) is 0 Å². The topological polar surface area (TPSA) is 98.8 Å². The lowest BCUT2D eigenvalue weighted by atomic mass is 10.1. The molecule has 5 rings (SSSR count). The third-order valence-corrected chi connectivity index (χ3v) is 6.24. The number of benzene rings is 3. The summed E-state index contributed by atoms with van der Waals surface area (Å²) in [4.78, 5) is 33.0. The van der Waals surface area contributed by atoms with Crippen LogP contribution >= 0.6 is 0 Å². The predicted molar refractivity (Wildman–Crippen MR) is 151 cm³/mol. The Kier molecular flexibility index (Phi) is 7.92. The van der Waals surface area contributed by atoms with Crippen LogP contribution in [0.5, 0.6) is 11.5 Å². The molecule has 0 aliphatic heterocycles. The number of hydrogen-bond donors (Lipinski definition) is 1. The molecule has 0 saturated heterocycles. The molecule has 0 aliphatic rings. The summed E-state index contributed by atoms with van der Waals surface area (Å²) >= 11 is 0. The second kappa shape index (κ2) is 12.0. The molecule has 0 aliphatic carbocycles. The zero-order valence-electron chi connectivity index (χ0n) is 22.1. The Morgan fingerprint density at radius 1 is 0.900 bits per heavy atom. The molecule has 9 heteroatoms. The normalized spacial score (nSPS) is 10.7. The maximum atomic E-state index is 13.5. The van der Waals surface area contributed by atoms with Gasteiger partial charge >= 0.3 is 0 Å². The first-order valence-electron chi connectivity index (χ1n) is 12.6. The first-order chi connectivity index (χ1) is 19.5. The van der Waals surface area contributed by atoms with E-state index in [1.165, 1.54) is 18.3 Å². The fourth-order valence-electron chi connectivity index (χ4n) is 4.22. The van der Waals surface area contributed by atoms with Crippen molar-refractivity contribution < 1.29 is 23.5 Å². The van der Waals surface area contributed by atoms with Gasteiger partial charge in [0.1, 0.15) is 23.8 Å². The van der Waals surface area contributed by atoms with Gasteiger partial charge in [0.15, 0.2) is 0 Å². The number of nitrogens with zero attached hydrogens (tertiary/aromatic N) is 3. The van der Waals surface area contributed by atoms with E-state index >= 15 is 0 Å². The minimum absolute atomic E-state index is 0.112. The number of aromatic nitrogens is 2. The second-order valence-corrected chi connectivity index (χ2v) is 8.90. The number of carbonyl (C=O) groups excluding carboxylic acids is 2. The zero-order valence-corrected chi connectivity index (χ0v) is 22.1. The maximum absolute atomic E-state index is 13.5. The highest BCUT2D eigenvalue weighted by Gasteiger charge is 2.22. The standard InChI is InChI=1S/C31H28N4O5/c1-38-25-15-13-22(14-16-25)28-20-35(24-9-4-3-5-10-24)31(32-28)33-29(36)21-34(19-27-12-7-17-40-27)30(37)23-8-6-11-26(18-23)39-2/h3-18,20H,19,21H2,1-2H3,(H,32,33,36). The van der Waals surface area contributed by atoms with Gasteiger partial charge in [-0.05, 0) is 66.7 Å². The first-order valence-corrected chi connectivity index (χ1v) is 12.6. The second-order valence-electron chi connectivity index (χ2n) is 8.90. The van der Waals surface area contributed by atoms with Crippen LogP contribution < -0.4 is 14.8 Å². The molecular weight excluding hydrogens is 508 g/mol. The molecule has 1 N–H and O–H groups in total. The predicted octanol–water partition coefficient (Wildman–Crippen LogP) is 5.43. The quantitative estimate of drug-likeness (QED) is 0.256. The number of anilines is 1. The van der Waals surface area contributed by atoms with Gasteiger partial charge < -0.3 is 18.8 Å². The largest absolute Gasteiger partial charge is 0.497 e. The number of hydrogen-bond acceptors (Lipinski definition) is 6. The summed E-state index contributed by atoms with van der Waals surface area (Å²) in [5, 5.41) is 2.90. The number of ether oxygens (including phenoxy) is 2. The molecule has 0 spiro atoms. The van der Waals surface area contributed by atoms with E-state index in [0.717, 1.165) is 17.0 Å². The molecule has 40 heavy (non-hydrogen) atoms. The molecule has 0 unspecified atom stereocenters. The van der Waals surface area contributed by atoms with Crippen LogP contribution in [-0.4, -0.2) is 47.0 Å². The molecule has 0 saturated carbocycles. The van der Waals surface area contributed by atoms with E-state index in [-0.39, 0.29) is 19.0 Å². The number of rotatable bonds is 10. The van der Waals surface area contributed by atoms with Gasteiger partial charge in [0, 0.05) is 23.0 Å². The maximum Gasteiger partial charge on any atom is 0.254 e. The third kappa shape index (κ3) is 6.05. The Morgan fingerprint density at radius 3 is 2.38 bits per heavy atom. The Labute approximate surface area is 231 Å².